The number of carbonyl (C=O) groups excluding carboxylic acids is 2. The van der Waals surface area contributed by atoms with E-state index in [1.54, 1.807) is 6.92 Å². The number of aromatic nitrogens is 1. The third-order valence-corrected chi connectivity index (χ3v) is 1.67. The van der Waals surface area contributed by atoms with Gasteiger partial charge in [0.05, 0.1) is 0 Å². The summed E-state index contributed by atoms with van der Waals surface area (Å²) in [5.74, 6) is 0.0276. The number of carbonyl (C=O) groups is 2. The molecule has 1 rings (SSSR count). The van der Waals surface area contributed by atoms with Gasteiger partial charge in [-0.2, -0.15) is 0 Å². The van der Waals surface area contributed by atoms with Gasteiger partial charge in [0.2, 0.25) is 0 Å². The molecule has 0 unspecified atom stereocenters. The Kier molecular flexibility index (Phi) is 2.85. The van der Waals surface area contributed by atoms with Crippen LogP contribution in [0, 0.1) is 6.92 Å². The maximum absolute atomic E-state index is 11.5. The highest BCUT2D eigenvalue weighted by Gasteiger charge is 2.20. The normalized spacial score (nSPS) is 9.64. The molecule has 0 atom stereocenters. The third kappa shape index (κ3) is 1.90. The second-order valence-corrected chi connectivity index (χ2v) is 2.74. The van der Waals surface area contributed by atoms with E-state index >= 15 is 0 Å². The Labute approximate surface area is 80.9 Å². The molecule has 6 nitrogen and oxygen atoms in total. The molecule has 1 N–H and O–H groups in total. The summed E-state index contributed by atoms with van der Waals surface area (Å²) in [4.78, 5) is 23.5. The lowest BCUT2D eigenvalue weighted by atomic mass is 10.3. The second kappa shape index (κ2) is 3.91. The summed E-state index contributed by atoms with van der Waals surface area (Å²) < 4.78 is 4.72. The van der Waals surface area contributed by atoms with Crippen molar-refractivity contribution in [3.05, 3.63) is 17.5 Å². The fraction of sp³-hybridized carbons (Fsp3) is 0.375. The van der Waals surface area contributed by atoms with Crippen molar-refractivity contribution in [2.24, 2.45) is 0 Å². The molecule has 1 aromatic heterocycles. The Morgan fingerprint density at radius 2 is 2.21 bits per heavy atom. The summed E-state index contributed by atoms with van der Waals surface area (Å²) in [7, 11) is 2.81. The lowest BCUT2D eigenvalue weighted by Crippen LogP contribution is -2.39. The fourth-order valence-corrected chi connectivity index (χ4v) is 0.899. The van der Waals surface area contributed by atoms with Gasteiger partial charge < -0.3 is 9.84 Å². The van der Waals surface area contributed by atoms with E-state index in [2.05, 4.69) is 10.5 Å². The van der Waals surface area contributed by atoms with Crippen LogP contribution >= 0.6 is 0 Å². The molecular weight excluding hydrogens is 186 g/mol. The molecule has 0 aliphatic carbocycles. The van der Waals surface area contributed by atoms with Crippen LogP contribution in [0.3, 0.4) is 0 Å². The molecule has 0 saturated carbocycles. The van der Waals surface area contributed by atoms with Crippen LogP contribution in [-0.2, 0) is 0 Å². The average molecular weight is 197 g/mol. The molecule has 76 valence electrons. The van der Waals surface area contributed by atoms with E-state index in [1.807, 2.05) is 0 Å². The molecule has 0 aliphatic heterocycles. The van der Waals surface area contributed by atoms with Gasteiger partial charge in [-0.3, -0.25) is 9.69 Å². The SMILES string of the molecule is CNC(=O)N(C)C(=O)c1cc(C)on1. The van der Waals surface area contributed by atoms with Crippen LogP contribution in [0.1, 0.15) is 16.2 Å². The summed E-state index contributed by atoms with van der Waals surface area (Å²) in [6, 6.07) is 0.984. The van der Waals surface area contributed by atoms with Gasteiger partial charge in [0.25, 0.3) is 5.91 Å². The number of nitrogens with one attached hydrogen (secondary N) is 1. The number of nitrogens with zero attached hydrogens (tertiary/aromatic N) is 2. The zero-order valence-corrected chi connectivity index (χ0v) is 8.20. The van der Waals surface area contributed by atoms with E-state index in [9.17, 15) is 9.59 Å². The van der Waals surface area contributed by atoms with Crippen LogP contribution in [-0.4, -0.2) is 36.1 Å². The zero-order valence-electron chi connectivity index (χ0n) is 8.20. The average Bonchev–Trinajstić information content (AvgIpc) is 2.61. The largest absolute Gasteiger partial charge is 0.361 e. The topological polar surface area (TPSA) is 75.4 Å². The van der Waals surface area contributed by atoms with Crippen molar-refractivity contribution in [1.29, 1.82) is 0 Å². The van der Waals surface area contributed by atoms with Gasteiger partial charge in [-0.1, -0.05) is 5.16 Å². The highest BCUT2D eigenvalue weighted by Crippen LogP contribution is 2.04. The van der Waals surface area contributed by atoms with Crippen LogP contribution in [0.4, 0.5) is 4.79 Å². The number of amides is 3. The van der Waals surface area contributed by atoms with Crippen LogP contribution in [0.25, 0.3) is 0 Å². The van der Waals surface area contributed by atoms with E-state index in [0.29, 0.717) is 5.76 Å². The first-order chi connectivity index (χ1) is 6.56. The van der Waals surface area contributed by atoms with Crippen LogP contribution < -0.4 is 5.32 Å². The van der Waals surface area contributed by atoms with Crippen LogP contribution in [0.2, 0.25) is 0 Å². The van der Waals surface area contributed by atoms with Gasteiger partial charge in [0.15, 0.2) is 5.69 Å². The Hall–Kier alpha value is -1.85. The van der Waals surface area contributed by atoms with E-state index in [0.717, 1.165) is 4.90 Å². The van der Waals surface area contributed by atoms with Crippen LogP contribution in [0.15, 0.2) is 10.6 Å². The smallest absolute Gasteiger partial charge is 0.323 e. The molecule has 6 heteroatoms. The number of hydrogen-bond acceptors (Lipinski definition) is 4. The molecule has 3 amide bonds. The standard InChI is InChI=1S/C8H11N3O3/c1-5-4-6(10-14-5)7(12)11(3)8(13)9-2/h4H,1-3H3,(H,9,13). The molecule has 0 spiro atoms. The molecular formula is C8H11N3O3. The predicted octanol–water partition coefficient (Wildman–Crippen LogP) is 0.394. The van der Waals surface area contributed by atoms with Gasteiger partial charge in [-0.05, 0) is 6.92 Å². The highest BCUT2D eigenvalue weighted by atomic mass is 16.5. The van der Waals surface area contributed by atoms with Gasteiger partial charge in [0.1, 0.15) is 5.76 Å². The molecule has 0 saturated heterocycles. The van der Waals surface area contributed by atoms with Gasteiger partial charge in [0, 0.05) is 20.2 Å². The first-order valence-electron chi connectivity index (χ1n) is 3.99. The molecule has 0 radical (unpaired) electrons. The van der Waals surface area contributed by atoms with E-state index < -0.39 is 11.9 Å². The molecule has 0 bridgehead atoms. The first kappa shape index (κ1) is 10.2. The van der Waals surface area contributed by atoms with Crippen molar-refractivity contribution >= 4 is 11.9 Å². The van der Waals surface area contributed by atoms with E-state index in [1.165, 1.54) is 20.2 Å². The maximum atomic E-state index is 11.5. The summed E-state index contributed by atoms with van der Waals surface area (Å²) in [5.41, 5.74) is 0.119. The minimum absolute atomic E-state index is 0.119. The summed E-state index contributed by atoms with van der Waals surface area (Å²) in [6.07, 6.45) is 0. The number of rotatable bonds is 1. The van der Waals surface area contributed by atoms with Gasteiger partial charge in [-0.15, -0.1) is 0 Å². The monoisotopic (exact) mass is 197 g/mol. The van der Waals surface area contributed by atoms with E-state index in [4.69, 9.17) is 4.52 Å². The number of urea groups is 1. The zero-order chi connectivity index (χ0) is 10.7. The lowest BCUT2D eigenvalue weighted by molar-refractivity contribution is 0.0823. The number of imide groups is 1. The Morgan fingerprint density at radius 1 is 1.57 bits per heavy atom. The van der Waals surface area contributed by atoms with Crippen molar-refractivity contribution in [3.8, 4) is 0 Å². The fourth-order valence-electron chi connectivity index (χ4n) is 0.899. The quantitative estimate of drug-likeness (QED) is 0.706. The van der Waals surface area contributed by atoms with Crippen molar-refractivity contribution in [1.82, 2.24) is 15.4 Å². The molecule has 0 aromatic carbocycles. The second-order valence-electron chi connectivity index (χ2n) is 2.74. The van der Waals surface area contributed by atoms with Gasteiger partial charge in [-0.25, -0.2) is 4.79 Å². The summed E-state index contributed by atoms with van der Waals surface area (Å²) >= 11 is 0. The van der Waals surface area contributed by atoms with Crippen molar-refractivity contribution in [2.75, 3.05) is 14.1 Å². The molecule has 0 fully saturated rings. The summed E-state index contributed by atoms with van der Waals surface area (Å²) in [6.45, 7) is 1.67. The Balaban J connectivity index is 2.80. The minimum atomic E-state index is -0.499. The molecule has 1 aromatic rings. The Bertz CT molecular complexity index is 358. The minimum Gasteiger partial charge on any atom is -0.361 e. The van der Waals surface area contributed by atoms with Crippen molar-refractivity contribution in [3.63, 3.8) is 0 Å². The summed E-state index contributed by atoms with van der Waals surface area (Å²) in [5, 5.41) is 5.84. The van der Waals surface area contributed by atoms with Crippen molar-refractivity contribution in [2.45, 2.75) is 6.92 Å². The van der Waals surface area contributed by atoms with E-state index in [-0.39, 0.29) is 5.69 Å². The highest BCUT2D eigenvalue weighted by molar-refractivity contribution is 6.02. The lowest BCUT2D eigenvalue weighted by Gasteiger charge is -2.11. The predicted molar refractivity (Wildman–Crippen MR) is 47.8 cm³/mol. The molecule has 0 aliphatic rings. The van der Waals surface area contributed by atoms with Crippen molar-refractivity contribution < 1.29 is 14.1 Å². The third-order valence-electron chi connectivity index (χ3n) is 1.67. The molecule has 14 heavy (non-hydrogen) atoms. The Morgan fingerprint density at radius 3 is 2.64 bits per heavy atom. The maximum Gasteiger partial charge on any atom is 0.323 e. The number of aryl methyl sites for hydroxylation is 1. The number of hydrogen-bond donors (Lipinski definition) is 1. The first-order valence-corrected chi connectivity index (χ1v) is 3.99. The molecule has 1 heterocycles. The van der Waals surface area contributed by atoms with Gasteiger partial charge >= 0.3 is 6.03 Å². The van der Waals surface area contributed by atoms with Crippen LogP contribution in [0.5, 0.6) is 0 Å².